The van der Waals surface area contributed by atoms with Crippen molar-refractivity contribution < 1.29 is 33.8 Å². The number of nitrogens with zero attached hydrogens (tertiary/aromatic N) is 2. The van der Waals surface area contributed by atoms with E-state index in [1.54, 1.807) is 29.7 Å². The zero-order valence-electron chi connectivity index (χ0n) is 28.3. The smallest absolute Gasteiger partial charge is 0.311 e. The molecule has 260 valence electrons. The van der Waals surface area contributed by atoms with Gasteiger partial charge in [0.15, 0.2) is 0 Å². The van der Waals surface area contributed by atoms with E-state index < -0.39 is 35.5 Å². The Bertz CT molecular complexity index is 1920. The van der Waals surface area contributed by atoms with Crippen molar-refractivity contribution in [1.82, 2.24) is 20.2 Å². The molecule has 2 aliphatic rings. The maximum Gasteiger partial charge on any atom is 0.311 e. The fourth-order valence-corrected chi connectivity index (χ4v) is 6.56. The Morgan fingerprint density at radius 1 is 1.14 bits per heavy atom. The van der Waals surface area contributed by atoms with Gasteiger partial charge in [0.1, 0.15) is 29.8 Å². The van der Waals surface area contributed by atoms with E-state index in [0.29, 0.717) is 59.6 Å². The van der Waals surface area contributed by atoms with Crippen LogP contribution in [0.3, 0.4) is 0 Å². The summed E-state index contributed by atoms with van der Waals surface area (Å²) in [5.74, 6) is -1.60. The lowest BCUT2D eigenvalue weighted by molar-refractivity contribution is -0.135. The summed E-state index contributed by atoms with van der Waals surface area (Å²) in [6.07, 6.45) is 1.63. The minimum Gasteiger partial charge on any atom is -0.490 e. The number of ether oxygens (including phenoxy) is 2. The number of nitrogens with two attached hydrogens (primary N) is 1. The van der Waals surface area contributed by atoms with E-state index in [0.717, 1.165) is 16.5 Å². The van der Waals surface area contributed by atoms with Crippen molar-refractivity contribution in [3.8, 4) is 17.1 Å². The summed E-state index contributed by atoms with van der Waals surface area (Å²) in [6.45, 7) is 11.6. The molecule has 0 radical (unpaired) electrons. The maximum atomic E-state index is 13.7. The van der Waals surface area contributed by atoms with E-state index in [1.165, 1.54) is 0 Å². The molecule has 3 amide bonds. The fraction of sp³-hybridized carbons (Fsp3) is 0.444. The summed E-state index contributed by atoms with van der Waals surface area (Å²) >= 11 is 0. The van der Waals surface area contributed by atoms with Crippen LogP contribution in [0.4, 0.5) is 0 Å². The molecule has 0 spiro atoms. The number of fused-ring (bicyclic) bond motifs is 5. The second kappa shape index (κ2) is 14.2. The van der Waals surface area contributed by atoms with Crippen LogP contribution in [-0.4, -0.2) is 50.4 Å². The van der Waals surface area contributed by atoms with Crippen LogP contribution >= 0.6 is 0 Å². The highest BCUT2D eigenvalue weighted by Gasteiger charge is 2.41. The number of aryl methyl sites for hydroxylation is 1. The monoisotopic (exact) mass is 673 g/mol. The molecule has 0 aliphatic carbocycles. The number of benzene rings is 1. The number of carbonyl (C=O) groups is 4. The average Bonchev–Trinajstić information content (AvgIpc) is 3.42. The van der Waals surface area contributed by atoms with Crippen LogP contribution in [0.25, 0.3) is 22.3 Å². The number of nitrogens with one attached hydrogen (secondary N) is 2. The summed E-state index contributed by atoms with van der Waals surface area (Å²) in [6, 6.07) is 5.46. The summed E-state index contributed by atoms with van der Waals surface area (Å²) in [4.78, 5) is 67.7. The third-order valence-electron chi connectivity index (χ3n) is 9.23. The first kappa shape index (κ1) is 35.3. The number of hydrogen-bond donors (Lipinski definition) is 4. The highest BCUT2D eigenvalue weighted by molar-refractivity contribution is 5.92. The number of esters is 1. The van der Waals surface area contributed by atoms with Gasteiger partial charge in [-0.15, -0.1) is 0 Å². The molecule has 3 aromatic rings. The number of aromatic nitrogens is 2. The molecule has 0 bridgehead atoms. The van der Waals surface area contributed by atoms with E-state index >= 15 is 0 Å². The predicted octanol–water partition coefficient (Wildman–Crippen LogP) is 2.98. The van der Waals surface area contributed by atoms with Crippen LogP contribution in [0.15, 0.2) is 41.4 Å². The molecule has 13 heteroatoms. The van der Waals surface area contributed by atoms with E-state index in [4.69, 9.17) is 20.2 Å². The van der Waals surface area contributed by atoms with Crippen molar-refractivity contribution in [2.45, 2.75) is 103 Å². The molecule has 0 unspecified atom stereocenters. The molecule has 2 aromatic heterocycles. The molecule has 5 N–H and O–H groups in total. The van der Waals surface area contributed by atoms with Gasteiger partial charge in [0, 0.05) is 35.4 Å². The van der Waals surface area contributed by atoms with Crippen molar-refractivity contribution in [2.24, 2.45) is 5.73 Å². The van der Waals surface area contributed by atoms with Crippen molar-refractivity contribution >= 4 is 34.6 Å². The van der Waals surface area contributed by atoms with Crippen molar-refractivity contribution in [3.63, 3.8) is 0 Å². The standard InChI is InChI=1S/C36H43N5O8/c1-6-9-31(43)39-28(16-30(37)42)34(45)38-19(4)10-13-32(44)49-21-11-12-27-23(14-21)22(7-2)24-17-41-29(33(24)40-27)15-26-25(35(41)46)18-48-20(5)36(26,47)8-3/h11-12,14-15,19,28,47H,5-10,13,16-18H2,1-4H3,(H2,37,42)(H,38,45)(H,39,43)/t19-,28+,36+/m0/s1. The molecular weight excluding hydrogens is 630 g/mol. The Morgan fingerprint density at radius 2 is 1.90 bits per heavy atom. The van der Waals surface area contributed by atoms with Crippen LogP contribution in [0.1, 0.15) is 88.5 Å². The highest BCUT2D eigenvalue weighted by Crippen LogP contribution is 2.43. The van der Waals surface area contributed by atoms with Gasteiger partial charge in [0.25, 0.3) is 5.56 Å². The van der Waals surface area contributed by atoms with Crippen LogP contribution < -0.4 is 26.7 Å². The van der Waals surface area contributed by atoms with E-state index in [1.807, 2.05) is 26.8 Å². The first-order valence-electron chi connectivity index (χ1n) is 16.7. The minimum atomic E-state index is -1.48. The lowest BCUT2D eigenvalue weighted by atomic mass is 9.84. The van der Waals surface area contributed by atoms with E-state index in [9.17, 15) is 29.1 Å². The molecule has 0 saturated heterocycles. The van der Waals surface area contributed by atoms with Gasteiger partial charge < -0.3 is 35.5 Å². The average molecular weight is 674 g/mol. The Labute approximate surface area is 283 Å². The second-order valence-electron chi connectivity index (χ2n) is 12.7. The summed E-state index contributed by atoms with van der Waals surface area (Å²) in [7, 11) is 0. The Balaban J connectivity index is 1.31. The summed E-state index contributed by atoms with van der Waals surface area (Å²) in [5.41, 5.74) is 8.28. The topological polar surface area (TPSA) is 192 Å². The van der Waals surface area contributed by atoms with Crippen molar-refractivity contribution in [1.29, 1.82) is 0 Å². The fourth-order valence-electron chi connectivity index (χ4n) is 6.56. The van der Waals surface area contributed by atoms with Gasteiger partial charge in [0.2, 0.25) is 17.7 Å². The minimum absolute atomic E-state index is 0.00558. The number of aliphatic hydroxyl groups is 1. The normalized spacial score (nSPS) is 17.3. The van der Waals surface area contributed by atoms with Gasteiger partial charge >= 0.3 is 5.97 Å². The predicted molar refractivity (Wildman–Crippen MR) is 181 cm³/mol. The number of hydrogen-bond acceptors (Lipinski definition) is 9. The molecule has 4 heterocycles. The lowest BCUT2D eigenvalue weighted by Crippen LogP contribution is -2.50. The van der Waals surface area contributed by atoms with Crippen LogP contribution in [0.2, 0.25) is 0 Å². The van der Waals surface area contributed by atoms with Crippen LogP contribution in [0.5, 0.6) is 5.75 Å². The Hall–Kier alpha value is -5.04. The SMILES string of the molecule is C=C1OCc2c(cc3n(c2=O)Cc2c-3nc3ccc(OC(=O)CC[C@H](C)NC(=O)[C@@H](CC(N)=O)NC(=O)CCC)cc3c2CC)[C@@]1(O)CC. The van der Waals surface area contributed by atoms with Gasteiger partial charge in [-0.3, -0.25) is 24.0 Å². The summed E-state index contributed by atoms with van der Waals surface area (Å²) in [5, 5.41) is 17.5. The third kappa shape index (κ3) is 6.93. The maximum absolute atomic E-state index is 13.7. The molecule has 3 atom stereocenters. The number of rotatable bonds is 13. The van der Waals surface area contributed by atoms with E-state index in [-0.39, 0.29) is 49.5 Å². The zero-order valence-corrected chi connectivity index (χ0v) is 28.3. The zero-order chi connectivity index (χ0) is 35.6. The largest absolute Gasteiger partial charge is 0.490 e. The van der Waals surface area contributed by atoms with Crippen LogP contribution in [-0.2, 0) is 49.1 Å². The Kier molecular flexibility index (Phi) is 10.2. The van der Waals surface area contributed by atoms with Crippen molar-refractivity contribution in [2.75, 3.05) is 0 Å². The van der Waals surface area contributed by atoms with Gasteiger partial charge in [-0.05, 0) is 62.4 Å². The third-order valence-corrected chi connectivity index (χ3v) is 9.23. The number of primary amides is 1. The first-order chi connectivity index (χ1) is 23.3. The van der Waals surface area contributed by atoms with Crippen LogP contribution in [0, 0.1) is 0 Å². The number of amides is 3. The molecule has 0 saturated carbocycles. The number of carbonyl (C=O) groups excluding carboxylic acids is 4. The van der Waals surface area contributed by atoms with Gasteiger partial charge in [-0.1, -0.05) is 27.4 Å². The molecule has 0 fully saturated rings. The molecule has 13 nitrogen and oxygen atoms in total. The van der Waals surface area contributed by atoms with Crippen molar-refractivity contribution in [3.05, 3.63) is 69.2 Å². The quantitative estimate of drug-likeness (QED) is 0.122. The Morgan fingerprint density at radius 3 is 2.57 bits per heavy atom. The number of pyridine rings is 2. The lowest BCUT2D eigenvalue weighted by Gasteiger charge is -2.35. The van der Waals surface area contributed by atoms with E-state index in [2.05, 4.69) is 17.2 Å². The highest BCUT2D eigenvalue weighted by atomic mass is 16.5. The first-order valence-corrected chi connectivity index (χ1v) is 16.7. The molecule has 2 aliphatic heterocycles. The molecular formula is C36H43N5O8. The van der Waals surface area contributed by atoms with Gasteiger partial charge in [0.05, 0.1) is 35.4 Å². The molecule has 5 rings (SSSR count). The summed E-state index contributed by atoms with van der Waals surface area (Å²) < 4.78 is 12.9. The molecule has 1 aromatic carbocycles. The molecule has 49 heavy (non-hydrogen) atoms. The van der Waals surface area contributed by atoms with Gasteiger partial charge in [-0.2, -0.15) is 0 Å². The van der Waals surface area contributed by atoms with Gasteiger partial charge in [-0.25, -0.2) is 4.98 Å². The second-order valence-corrected chi connectivity index (χ2v) is 12.7.